The molecular formula is C20H21N5O. The lowest BCUT2D eigenvalue weighted by Gasteiger charge is -2.21. The van der Waals surface area contributed by atoms with Crippen molar-refractivity contribution in [1.29, 1.82) is 0 Å². The minimum absolute atomic E-state index is 0.200. The van der Waals surface area contributed by atoms with E-state index in [9.17, 15) is 0 Å². The number of benzene rings is 2. The van der Waals surface area contributed by atoms with Crippen molar-refractivity contribution >= 4 is 17.5 Å². The highest BCUT2D eigenvalue weighted by Gasteiger charge is 2.21. The van der Waals surface area contributed by atoms with Gasteiger partial charge in [0.2, 0.25) is 5.95 Å². The normalized spacial score (nSPS) is 12.9. The number of fused-ring (bicyclic) bond motifs is 1. The summed E-state index contributed by atoms with van der Waals surface area (Å²) >= 11 is 0. The summed E-state index contributed by atoms with van der Waals surface area (Å²) in [6.07, 6.45) is 2.72. The number of hydrogen-bond acceptors (Lipinski definition) is 6. The fourth-order valence-corrected chi connectivity index (χ4v) is 3.42. The van der Waals surface area contributed by atoms with Gasteiger partial charge < -0.3 is 21.1 Å². The minimum Gasteiger partial charge on any atom is -0.496 e. The summed E-state index contributed by atoms with van der Waals surface area (Å²) in [6.45, 7) is 1.60. The number of anilines is 3. The molecule has 1 aromatic heterocycles. The van der Waals surface area contributed by atoms with E-state index in [1.807, 2.05) is 18.2 Å². The van der Waals surface area contributed by atoms with Crippen LogP contribution in [0.25, 0.3) is 11.1 Å². The Bertz CT molecular complexity index is 957. The number of aromatic nitrogens is 2. The standard InChI is InChI=1S/C20H21N5O/c1-26-18-5-3-2-4-16(18)14-7-6-13-8-9-25(17(13)10-14)12-15-11-23-20(22)24-19(15)21/h2-7,10-11H,8-9,12H2,1H3,(H4,21,22,23,24). The number of rotatable bonds is 4. The zero-order valence-electron chi connectivity index (χ0n) is 14.6. The molecule has 3 aromatic rings. The third-order valence-electron chi connectivity index (χ3n) is 4.77. The summed E-state index contributed by atoms with van der Waals surface area (Å²) in [6, 6.07) is 14.6. The van der Waals surface area contributed by atoms with E-state index in [0.717, 1.165) is 35.4 Å². The third-order valence-corrected chi connectivity index (χ3v) is 4.77. The molecule has 132 valence electrons. The molecule has 0 unspecified atom stereocenters. The second-order valence-electron chi connectivity index (χ2n) is 6.35. The largest absolute Gasteiger partial charge is 0.496 e. The van der Waals surface area contributed by atoms with E-state index in [2.05, 4.69) is 39.1 Å². The van der Waals surface area contributed by atoms with Crippen LogP contribution in [-0.2, 0) is 13.0 Å². The molecule has 26 heavy (non-hydrogen) atoms. The summed E-state index contributed by atoms with van der Waals surface area (Å²) in [5.74, 6) is 1.51. The van der Waals surface area contributed by atoms with Crippen LogP contribution < -0.4 is 21.1 Å². The first-order valence-electron chi connectivity index (χ1n) is 8.54. The summed E-state index contributed by atoms with van der Waals surface area (Å²) < 4.78 is 5.51. The Hall–Kier alpha value is -3.28. The molecule has 0 amide bonds. The van der Waals surface area contributed by atoms with Gasteiger partial charge in [-0.05, 0) is 29.7 Å². The molecule has 1 aliphatic rings. The van der Waals surface area contributed by atoms with Crippen LogP contribution in [0.5, 0.6) is 5.75 Å². The molecule has 2 aromatic carbocycles. The third kappa shape index (κ3) is 2.90. The van der Waals surface area contributed by atoms with Crippen LogP contribution in [0.2, 0.25) is 0 Å². The summed E-state index contributed by atoms with van der Waals surface area (Å²) in [4.78, 5) is 10.4. The Morgan fingerprint density at radius 3 is 2.81 bits per heavy atom. The molecule has 0 saturated carbocycles. The molecule has 2 heterocycles. The zero-order valence-corrected chi connectivity index (χ0v) is 14.6. The molecule has 6 nitrogen and oxygen atoms in total. The molecule has 1 aliphatic heterocycles. The Labute approximate surface area is 152 Å². The van der Waals surface area contributed by atoms with E-state index in [-0.39, 0.29) is 5.95 Å². The highest BCUT2D eigenvalue weighted by atomic mass is 16.5. The lowest BCUT2D eigenvalue weighted by molar-refractivity contribution is 0.416. The Kier molecular flexibility index (Phi) is 4.08. The molecular weight excluding hydrogens is 326 g/mol. The van der Waals surface area contributed by atoms with Gasteiger partial charge in [-0.2, -0.15) is 4.98 Å². The second kappa shape index (κ2) is 6.55. The van der Waals surface area contributed by atoms with Gasteiger partial charge in [0, 0.05) is 36.1 Å². The number of nitrogens with zero attached hydrogens (tertiary/aromatic N) is 3. The Morgan fingerprint density at radius 1 is 1.15 bits per heavy atom. The SMILES string of the molecule is COc1ccccc1-c1ccc2c(c1)N(Cc1cnc(N)nc1N)CC2. The van der Waals surface area contributed by atoms with Crippen molar-refractivity contribution in [3.63, 3.8) is 0 Å². The van der Waals surface area contributed by atoms with Crippen molar-refractivity contribution < 1.29 is 4.74 Å². The first-order chi connectivity index (χ1) is 12.7. The fraction of sp³-hybridized carbons (Fsp3) is 0.200. The average Bonchev–Trinajstić information content (AvgIpc) is 3.06. The molecule has 0 fully saturated rings. The van der Waals surface area contributed by atoms with Crippen LogP contribution in [-0.4, -0.2) is 23.6 Å². The average molecular weight is 347 g/mol. The monoisotopic (exact) mass is 347 g/mol. The maximum atomic E-state index is 6.00. The highest BCUT2D eigenvalue weighted by molar-refractivity contribution is 5.76. The van der Waals surface area contributed by atoms with Crippen molar-refractivity contribution in [2.75, 3.05) is 30.0 Å². The predicted molar refractivity (Wildman–Crippen MR) is 104 cm³/mol. The van der Waals surface area contributed by atoms with Crippen molar-refractivity contribution in [2.45, 2.75) is 13.0 Å². The molecule has 6 heteroatoms. The molecule has 0 atom stereocenters. The van der Waals surface area contributed by atoms with E-state index >= 15 is 0 Å². The van der Waals surface area contributed by atoms with Crippen LogP contribution in [0.1, 0.15) is 11.1 Å². The lowest BCUT2D eigenvalue weighted by Crippen LogP contribution is -2.21. The molecule has 0 bridgehead atoms. The summed E-state index contributed by atoms with van der Waals surface area (Å²) in [5.41, 5.74) is 17.2. The van der Waals surface area contributed by atoms with E-state index in [1.54, 1.807) is 13.3 Å². The van der Waals surface area contributed by atoms with Crippen molar-refractivity contribution in [3.05, 3.63) is 59.8 Å². The first-order valence-corrected chi connectivity index (χ1v) is 8.54. The molecule has 0 spiro atoms. The van der Waals surface area contributed by atoms with E-state index in [0.29, 0.717) is 12.4 Å². The number of hydrogen-bond donors (Lipinski definition) is 2. The highest BCUT2D eigenvalue weighted by Crippen LogP contribution is 2.37. The maximum Gasteiger partial charge on any atom is 0.221 e. The van der Waals surface area contributed by atoms with Crippen LogP contribution in [0.15, 0.2) is 48.7 Å². The van der Waals surface area contributed by atoms with Gasteiger partial charge in [0.05, 0.1) is 7.11 Å². The number of nitrogen functional groups attached to an aromatic ring is 2. The van der Waals surface area contributed by atoms with Crippen LogP contribution in [0.4, 0.5) is 17.5 Å². The molecule has 0 saturated heterocycles. The van der Waals surface area contributed by atoms with Gasteiger partial charge in [-0.15, -0.1) is 0 Å². The van der Waals surface area contributed by atoms with E-state index in [4.69, 9.17) is 16.2 Å². The van der Waals surface area contributed by atoms with Crippen LogP contribution in [0.3, 0.4) is 0 Å². The van der Waals surface area contributed by atoms with Gasteiger partial charge in [-0.3, -0.25) is 0 Å². The number of ether oxygens (including phenoxy) is 1. The van der Waals surface area contributed by atoms with Crippen molar-refractivity contribution in [2.24, 2.45) is 0 Å². The minimum atomic E-state index is 0.200. The van der Waals surface area contributed by atoms with Crippen molar-refractivity contribution in [3.8, 4) is 16.9 Å². The molecule has 0 radical (unpaired) electrons. The summed E-state index contributed by atoms with van der Waals surface area (Å²) in [5, 5.41) is 0. The Morgan fingerprint density at radius 2 is 2.00 bits per heavy atom. The Balaban J connectivity index is 1.68. The van der Waals surface area contributed by atoms with Gasteiger partial charge in [-0.25, -0.2) is 4.98 Å². The summed E-state index contributed by atoms with van der Waals surface area (Å²) in [7, 11) is 1.70. The smallest absolute Gasteiger partial charge is 0.221 e. The number of nitrogens with two attached hydrogens (primary N) is 2. The van der Waals surface area contributed by atoms with Gasteiger partial charge in [-0.1, -0.05) is 30.3 Å². The second-order valence-corrected chi connectivity index (χ2v) is 6.35. The zero-order chi connectivity index (χ0) is 18.1. The maximum absolute atomic E-state index is 6.00. The molecule has 4 rings (SSSR count). The van der Waals surface area contributed by atoms with E-state index < -0.39 is 0 Å². The van der Waals surface area contributed by atoms with Crippen LogP contribution in [0, 0.1) is 0 Å². The van der Waals surface area contributed by atoms with Gasteiger partial charge in [0.25, 0.3) is 0 Å². The quantitative estimate of drug-likeness (QED) is 0.754. The first kappa shape index (κ1) is 16.2. The van der Waals surface area contributed by atoms with Gasteiger partial charge in [0.1, 0.15) is 11.6 Å². The molecule has 0 aliphatic carbocycles. The van der Waals surface area contributed by atoms with Crippen LogP contribution >= 0.6 is 0 Å². The lowest BCUT2D eigenvalue weighted by atomic mass is 10.0. The topological polar surface area (TPSA) is 90.3 Å². The number of para-hydroxylation sites is 1. The van der Waals surface area contributed by atoms with Gasteiger partial charge in [0.15, 0.2) is 0 Å². The predicted octanol–water partition coefficient (Wildman–Crippen LogP) is 2.88. The molecule has 4 N–H and O–H groups in total. The number of methoxy groups -OCH3 is 1. The van der Waals surface area contributed by atoms with E-state index in [1.165, 1.54) is 11.3 Å². The van der Waals surface area contributed by atoms with Gasteiger partial charge >= 0.3 is 0 Å². The van der Waals surface area contributed by atoms with Crippen molar-refractivity contribution in [1.82, 2.24) is 9.97 Å². The fourth-order valence-electron chi connectivity index (χ4n) is 3.42.